The molecule has 2 unspecified atom stereocenters. The summed E-state index contributed by atoms with van der Waals surface area (Å²) in [5.74, 6) is -0.126. The van der Waals surface area contributed by atoms with Crippen LogP contribution in [0.15, 0.2) is 54.6 Å². The summed E-state index contributed by atoms with van der Waals surface area (Å²) in [5, 5.41) is 12.4. The van der Waals surface area contributed by atoms with Gasteiger partial charge in [0, 0.05) is 19.0 Å². The van der Waals surface area contributed by atoms with Crippen LogP contribution in [0.3, 0.4) is 0 Å². The fourth-order valence-corrected chi connectivity index (χ4v) is 2.31. The van der Waals surface area contributed by atoms with Crippen LogP contribution in [0.25, 0.3) is 0 Å². The van der Waals surface area contributed by atoms with Crippen molar-refractivity contribution in [2.45, 2.75) is 24.7 Å². The number of hydrogen-bond donors (Lipinski definition) is 3. The van der Waals surface area contributed by atoms with Crippen LogP contribution in [0, 0.1) is 0 Å². The monoisotopic (exact) mass is 418 g/mol. The van der Waals surface area contributed by atoms with Gasteiger partial charge in [0.15, 0.2) is 0 Å². The maximum atomic E-state index is 12.5. The van der Waals surface area contributed by atoms with Crippen molar-refractivity contribution in [3.63, 3.8) is 0 Å². The number of amides is 1. The zero-order valence-electron chi connectivity index (χ0n) is 14.9. The second kappa shape index (κ2) is 10.9. The predicted octanol–water partition coefficient (Wildman–Crippen LogP) is 3.07. The number of aliphatic hydroxyl groups excluding tert-OH is 1. The van der Waals surface area contributed by atoms with Gasteiger partial charge in [-0.3, -0.25) is 4.79 Å². The summed E-state index contributed by atoms with van der Waals surface area (Å²) in [6.45, 7) is -0.225. The van der Waals surface area contributed by atoms with Gasteiger partial charge in [-0.05, 0) is 29.8 Å². The molecule has 154 valence electrons. The van der Waals surface area contributed by atoms with Gasteiger partial charge in [-0.2, -0.15) is 13.2 Å². The zero-order valence-corrected chi connectivity index (χ0v) is 15.7. The lowest BCUT2D eigenvalue weighted by Crippen LogP contribution is -2.36. The van der Waals surface area contributed by atoms with Gasteiger partial charge in [-0.15, -0.1) is 12.4 Å². The third kappa shape index (κ3) is 7.75. The number of rotatable bonds is 8. The third-order valence-electron chi connectivity index (χ3n) is 3.79. The van der Waals surface area contributed by atoms with Crippen LogP contribution in [-0.4, -0.2) is 30.3 Å². The van der Waals surface area contributed by atoms with Gasteiger partial charge in [-0.1, -0.05) is 30.3 Å². The number of halogens is 4. The van der Waals surface area contributed by atoms with Crippen molar-refractivity contribution < 1.29 is 27.8 Å². The number of nitrogens with two attached hydrogens (primary N) is 1. The first kappa shape index (κ1) is 23.7. The zero-order chi connectivity index (χ0) is 19.9. The van der Waals surface area contributed by atoms with Crippen LogP contribution in [0.2, 0.25) is 0 Å². The fraction of sp³-hybridized carbons (Fsp3) is 0.316. The highest BCUT2D eigenvalue weighted by atomic mass is 35.5. The topological polar surface area (TPSA) is 84.6 Å². The first-order chi connectivity index (χ1) is 12.8. The quantitative estimate of drug-likeness (QED) is 0.615. The number of carbonyl (C=O) groups is 1. The molecule has 0 bridgehead atoms. The number of ether oxygens (including phenoxy) is 1. The van der Waals surface area contributed by atoms with Crippen LogP contribution in [0.5, 0.6) is 5.75 Å². The maximum absolute atomic E-state index is 12.5. The molecule has 1 amide bonds. The molecule has 2 aromatic rings. The normalized spacial score (nSPS) is 13.2. The van der Waals surface area contributed by atoms with Gasteiger partial charge in [0.25, 0.3) is 0 Å². The van der Waals surface area contributed by atoms with Crippen molar-refractivity contribution in [2.24, 2.45) is 5.73 Å². The third-order valence-corrected chi connectivity index (χ3v) is 3.79. The van der Waals surface area contributed by atoms with Crippen molar-refractivity contribution in [1.82, 2.24) is 5.32 Å². The minimum Gasteiger partial charge on any atom is -0.491 e. The Bertz CT molecular complexity index is 727. The molecule has 0 saturated heterocycles. The molecular weight excluding hydrogens is 397 g/mol. The van der Waals surface area contributed by atoms with E-state index in [-0.39, 0.29) is 43.6 Å². The molecular formula is C19H22ClF3N2O3. The number of benzene rings is 2. The summed E-state index contributed by atoms with van der Waals surface area (Å²) < 4.78 is 42.7. The number of nitrogens with one attached hydrogen (secondary N) is 1. The summed E-state index contributed by atoms with van der Waals surface area (Å²) in [4.78, 5) is 11.9. The highest BCUT2D eigenvalue weighted by Crippen LogP contribution is 2.30. The van der Waals surface area contributed by atoms with E-state index in [2.05, 4.69) is 5.32 Å². The largest absolute Gasteiger partial charge is 0.491 e. The molecule has 0 aliphatic carbocycles. The standard InChI is InChI=1S/C19H21F3N2O3.ClH/c20-19(21,22)14-6-8-16(9-7-14)27-12-15(25)11-24-18(26)10-17(23)13-4-2-1-3-5-13;/h1-9,15,17,25H,10-12,23H2,(H,24,26);1H. The molecule has 0 heterocycles. The van der Waals surface area contributed by atoms with Gasteiger partial charge >= 0.3 is 6.18 Å². The van der Waals surface area contributed by atoms with E-state index in [0.29, 0.717) is 0 Å². The van der Waals surface area contributed by atoms with Crippen LogP contribution in [-0.2, 0) is 11.0 Å². The van der Waals surface area contributed by atoms with E-state index in [0.717, 1.165) is 17.7 Å². The number of hydrogen-bond acceptors (Lipinski definition) is 4. The van der Waals surface area contributed by atoms with E-state index in [1.807, 2.05) is 30.3 Å². The van der Waals surface area contributed by atoms with Crippen LogP contribution < -0.4 is 15.8 Å². The molecule has 0 aliphatic rings. The molecule has 2 aromatic carbocycles. The number of alkyl halides is 3. The van der Waals surface area contributed by atoms with Gasteiger partial charge < -0.3 is 20.9 Å². The Morgan fingerprint density at radius 2 is 1.71 bits per heavy atom. The summed E-state index contributed by atoms with van der Waals surface area (Å²) in [5.41, 5.74) is 6.00. The van der Waals surface area contributed by atoms with Gasteiger partial charge in [0.05, 0.1) is 5.56 Å². The lowest BCUT2D eigenvalue weighted by Gasteiger charge is -2.15. The molecule has 4 N–H and O–H groups in total. The van der Waals surface area contributed by atoms with Crippen molar-refractivity contribution in [1.29, 1.82) is 0 Å². The average Bonchev–Trinajstić information content (AvgIpc) is 2.65. The van der Waals surface area contributed by atoms with E-state index in [1.54, 1.807) is 0 Å². The second-order valence-electron chi connectivity index (χ2n) is 6.01. The molecule has 2 rings (SSSR count). The summed E-state index contributed by atoms with van der Waals surface area (Å²) in [6.07, 6.45) is -5.36. The van der Waals surface area contributed by atoms with Crippen molar-refractivity contribution in [3.8, 4) is 5.75 Å². The lowest BCUT2D eigenvalue weighted by molar-refractivity contribution is -0.137. The van der Waals surface area contributed by atoms with Gasteiger partial charge in [-0.25, -0.2) is 0 Å². The Hall–Kier alpha value is -2.29. The van der Waals surface area contributed by atoms with Gasteiger partial charge in [0.2, 0.25) is 5.91 Å². The molecule has 0 aromatic heterocycles. The predicted molar refractivity (Wildman–Crippen MR) is 101 cm³/mol. The SMILES string of the molecule is Cl.NC(CC(=O)NCC(O)COc1ccc(C(F)(F)F)cc1)c1ccccc1. The lowest BCUT2D eigenvalue weighted by atomic mass is 10.0. The minimum absolute atomic E-state index is 0. The van der Waals surface area contributed by atoms with E-state index in [4.69, 9.17) is 10.5 Å². The summed E-state index contributed by atoms with van der Waals surface area (Å²) in [6, 6.07) is 12.8. The molecule has 2 atom stereocenters. The number of aliphatic hydroxyl groups is 1. The Balaban J connectivity index is 0.00000392. The van der Waals surface area contributed by atoms with Crippen molar-refractivity contribution >= 4 is 18.3 Å². The molecule has 0 spiro atoms. The van der Waals surface area contributed by atoms with E-state index < -0.39 is 23.9 Å². The molecule has 28 heavy (non-hydrogen) atoms. The molecule has 9 heteroatoms. The molecule has 0 saturated carbocycles. The van der Waals surface area contributed by atoms with Crippen LogP contribution in [0.4, 0.5) is 13.2 Å². The van der Waals surface area contributed by atoms with Gasteiger partial charge in [0.1, 0.15) is 18.5 Å². The summed E-state index contributed by atoms with van der Waals surface area (Å²) >= 11 is 0. The van der Waals surface area contributed by atoms with Crippen molar-refractivity contribution in [3.05, 3.63) is 65.7 Å². The Morgan fingerprint density at radius 1 is 1.11 bits per heavy atom. The van der Waals surface area contributed by atoms with E-state index in [1.165, 1.54) is 12.1 Å². The van der Waals surface area contributed by atoms with Crippen molar-refractivity contribution in [2.75, 3.05) is 13.2 Å². The molecule has 0 radical (unpaired) electrons. The summed E-state index contributed by atoms with van der Waals surface area (Å²) in [7, 11) is 0. The Morgan fingerprint density at radius 3 is 2.29 bits per heavy atom. The molecule has 5 nitrogen and oxygen atoms in total. The first-order valence-electron chi connectivity index (χ1n) is 8.31. The van der Waals surface area contributed by atoms with E-state index >= 15 is 0 Å². The van der Waals surface area contributed by atoms with E-state index in [9.17, 15) is 23.1 Å². The first-order valence-corrected chi connectivity index (χ1v) is 8.31. The highest BCUT2D eigenvalue weighted by molar-refractivity contribution is 5.85. The maximum Gasteiger partial charge on any atom is 0.416 e. The molecule has 0 aliphatic heterocycles. The molecule has 0 fully saturated rings. The smallest absolute Gasteiger partial charge is 0.416 e. The Labute approximate surface area is 167 Å². The van der Waals surface area contributed by atoms with Crippen LogP contribution >= 0.6 is 12.4 Å². The average molecular weight is 419 g/mol. The second-order valence-corrected chi connectivity index (χ2v) is 6.01. The minimum atomic E-state index is -4.41. The highest BCUT2D eigenvalue weighted by Gasteiger charge is 2.30. The number of carbonyl (C=O) groups excluding carboxylic acids is 1. The van der Waals surface area contributed by atoms with Crippen LogP contribution in [0.1, 0.15) is 23.6 Å². The Kier molecular flexibility index (Phi) is 9.24. The fourth-order valence-electron chi connectivity index (χ4n) is 2.31.